The smallest absolute Gasteiger partial charge is 0.173 e. The molecule has 3 rings (SSSR count). The lowest BCUT2D eigenvalue weighted by Crippen LogP contribution is -2.10. The molecule has 21 heavy (non-hydrogen) atoms. The van der Waals surface area contributed by atoms with E-state index in [1.807, 2.05) is 6.92 Å². The third-order valence-corrected chi connectivity index (χ3v) is 3.75. The predicted octanol–water partition coefficient (Wildman–Crippen LogP) is 5.10. The number of halogens is 3. The number of benzene rings is 2. The summed E-state index contributed by atoms with van der Waals surface area (Å²) in [5, 5.41) is 0. The van der Waals surface area contributed by atoms with Gasteiger partial charge in [-0.15, -0.1) is 0 Å². The van der Waals surface area contributed by atoms with E-state index in [4.69, 9.17) is 4.74 Å². The molecule has 0 aliphatic heterocycles. The van der Waals surface area contributed by atoms with Crippen LogP contribution in [0.1, 0.15) is 25.8 Å². The van der Waals surface area contributed by atoms with E-state index in [1.165, 1.54) is 6.07 Å². The van der Waals surface area contributed by atoms with Crippen molar-refractivity contribution in [2.45, 2.75) is 26.7 Å². The molecule has 0 saturated heterocycles. The Balaban J connectivity index is 2.16. The molecule has 0 aromatic heterocycles. The lowest BCUT2D eigenvalue weighted by atomic mass is 9.78. The summed E-state index contributed by atoms with van der Waals surface area (Å²) in [6, 6.07) is 4.85. The van der Waals surface area contributed by atoms with Crippen LogP contribution in [0.15, 0.2) is 18.2 Å². The summed E-state index contributed by atoms with van der Waals surface area (Å²) in [5.41, 5.74) is 1.68. The summed E-state index contributed by atoms with van der Waals surface area (Å²) in [7, 11) is 0. The number of ether oxygens (including phenoxy) is 1. The zero-order chi connectivity index (χ0) is 15.1. The minimum absolute atomic E-state index is 0.0291. The molecule has 1 nitrogen and oxygen atoms in total. The van der Waals surface area contributed by atoms with Gasteiger partial charge in [0.25, 0.3) is 0 Å². The molecule has 0 N–H and O–H groups in total. The minimum Gasteiger partial charge on any atom is -0.491 e. The van der Waals surface area contributed by atoms with Crippen molar-refractivity contribution < 1.29 is 17.9 Å². The van der Waals surface area contributed by atoms with Crippen LogP contribution in [0, 0.1) is 17.5 Å². The molecule has 0 saturated carbocycles. The average molecular weight is 292 g/mol. The van der Waals surface area contributed by atoms with Gasteiger partial charge in [0.05, 0.1) is 6.61 Å². The van der Waals surface area contributed by atoms with E-state index in [2.05, 4.69) is 0 Å². The van der Waals surface area contributed by atoms with Crippen molar-refractivity contribution >= 4 is 0 Å². The SMILES string of the molecule is CCCc1cc2c(c(F)c1F)-c1c-2ccc(OCC)c1F. The van der Waals surface area contributed by atoms with Crippen molar-refractivity contribution in [2.24, 2.45) is 0 Å². The third-order valence-electron chi connectivity index (χ3n) is 3.75. The normalized spacial score (nSPS) is 11.7. The van der Waals surface area contributed by atoms with Crippen molar-refractivity contribution in [3.63, 3.8) is 0 Å². The van der Waals surface area contributed by atoms with Crippen LogP contribution in [-0.4, -0.2) is 6.61 Å². The fraction of sp³-hybridized carbons (Fsp3) is 0.294. The Labute approximate surface area is 121 Å². The lowest BCUT2D eigenvalue weighted by molar-refractivity contribution is 0.322. The summed E-state index contributed by atoms with van der Waals surface area (Å²) in [6.07, 6.45) is 1.19. The minimum atomic E-state index is -0.962. The molecule has 2 aromatic carbocycles. The third kappa shape index (κ3) is 1.93. The maximum Gasteiger partial charge on any atom is 0.173 e. The molecule has 0 bridgehead atoms. The second-order valence-electron chi connectivity index (χ2n) is 5.07. The molecule has 0 spiro atoms. The molecule has 4 heteroatoms. The molecule has 1 aliphatic carbocycles. The van der Waals surface area contributed by atoms with Crippen LogP contribution >= 0.6 is 0 Å². The Morgan fingerprint density at radius 2 is 1.62 bits per heavy atom. The van der Waals surface area contributed by atoms with Crippen molar-refractivity contribution in [3.05, 3.63) is 41.2 Å². The zero-order valence-corrected chi connectivity index (χ0v) is 11.9. The topological polar surface area (TPSA) is 9.23 Å². The first-order valence-electron chi connectivity index (χ1n) is 7.07. The first kappa shape index (κ1) is 14.0. The first-order chi connectivity index (χ1) is 10.1. The van der Waals surface area contributed by atoms with E-state index in [0.717, 1.165) is 6.42 Å². The van der Waals surface area contributed by atoms with Gasteiger partial charge in [-0.2, -0.15) is 0 Å². The largest absolute Gasteiger partial charge is 0.491 e. The van der Waals surface area contributed by atoms with Crippen LogP contribution in [0.4, 0.5) is 13.2 Å². The van der Waals surface area contributed by atoms with Crippen LogP contribution in [0.5, 0.6) is 5.75 Å². The van der Waals surface area contributed by atoms with Gasteiger partial charge in [0.2, 0.25) is 0 Å². The number of fused-ring (bicyclic) bond motifs is 4. The van der Waals surface area contributed by atoms with Gasteiger partial charge in [-0.25, -0.2) is 13.2 Å². The van der Waals surface area contributed by atoms with Crippen LogP contribution in [-0.2, 0) is 6.42 Å². The molecule has 0 radical (unpaired) electrons. The van der Waals surface area contributed by atoms with Crippen LogP contribution in [0.3, 0.4) is 0 Å². The fourth-order valence-electron chi connectivity index (χ4n) is 2.82. The van der Waals surface area contributed by atoms with E-state index in [1.54, 1.807) is 19.1 Å². The molecule has 0 fully saturated rings. The highest BCUT2D eigenvalue weighted by Gasteiger charge is 2.33. The molecule has 0 heterocycles. The van der Waals surface area contributed by atoms with Crippen molar-refractivity contribution in [2.75, 3.05) is 6.61 Å². The second-order valence-corrected chi connectivity index (χ2v) is 5.07. The van der Waals surface area contributed by atoms with Crippen molar-refractivity contribution in [1.82, 2.24) is 0 Å². The van der Waals surface area contributed by atoms with Gasteiger partial charge in [0, 0.05) is 11.1 Å². The zero-order valence-electron chi connectivity index (χ0n) is 11.9. The Bertz CT molecular complexity index is 723. The Morgan fingerprint density at radius 1 is 0.905 bits per heavy atom. The van der Waals surface area contributed by atoms with Crippen LogP contribution in [0.25, 0.3) is 22.3 Å². The van der Waals surface area contributed by atoms with E-state index in [-0.39, 0.29) is 16.9 Å². The summed E-state index contributed by atoms with van der Waals surface area (Å²) in [6.45, 7) is 3.96. The predicted molar refractivity (Wildman–Crippen MR) is 75.9 cm³/mol. The van der Waals surface area contributed by atoms with E-state index >= 15 is 0 Å². The van der Waals surface area contributed by atoms with E-state index < -0.39 is 17.5 Å². The first-order valence-corrected chi connectivity index (χ1v) is 7.07. The van der Waals surface area contributed by atoms with Crippen LogP contribution in [0.2, 0.25) is 0 Å². The summed E-state index contributed by atoms with van der Waals surface area (Å²) in [5.74, 6) is -2.39. The molecule has 2 aromatic rings. The quantitative estimate of drug-likeness (QED) is 0.650. The molecular weight excluding hydrogens is 277 g/mol. The maximum atomic E-state index is 14.3. The highest BCUT2D eigenvalue weighted by Crippen LogP contribution is 2.52. The monoisotopic (exact) mass is 292 g/mol. The lowest BCUT2D eigenvalue weighted by Gasteiger charge is -2.27. The van der Waals surface area contributed by atoms with E-state index in [0.29, 0.717) is 29.7 Å². The fourth-order valence-corrected chi connectivity index (χ4v) is 2.82. The number of aryl methyl sites for hydroxylation is 1. The summed E-state index contributed by atoms with van der Waals surface area (Å²) in [4.78, 5) is 0. The van der Waals surface area contributed by atoms with Crippen LogP contribution < -0.4 is 4.74 Å². The van der Waals surface area contributed by atoms with Gasteiger partial charge in [0.1, 0.15) is 0 Å². The van der Waals surface area contributed by atoms with Gasteiger partial charge in [-0.3, -0.25) is 0 Å². The Kier molecular flexibility index (Phi) is 3.40. The summed E-state index contributed by atoms with van der Waals surface area (Å²) >= 11 is 0. The molecule has 0 amide bonds. The Hall–Kier alpha value is -1.97. The molecule has 0 unspecified atom stereocenters. The number of rotatable bonds is 4. The van der Waals surface area contributed by atoms with E-state index in [9.17, 15) is 13.2 Å². The highest BCUT2D eigenvalue weighted by molar-refractivity contribution is 6.03. The van der Waals surface area contributed by atoms with Gasteiger partial charge in [-0.1, -0.05) is 13.3 Å². The number of hydrogen-bond donors (Lipinski definition) is 0. The van der Waals surface area contributed by atoms with Gasteiger partial charge >= 0.3 is 0 Å². The van der Waals surface area contributed by atoms with Gasteiger partial charge < -0.3 is 4.74 Å². The van der Waals surface area contributed by atoms with Crippen molar-refractivity contribution in [3.8, 4) is 28.0 Å². The van der Waals surface area contributed by atoms with Gasteiger partial charge in [-0.05, 0) is 48.2 Å². The summed E-state index contributed by atoms with van der Waals surface area (Å²) < 4.78 is 47.7. The molecule has 110 valence electrons. The van der Waals surface area contributed by atoms with Crippen molar-refractivity contribution in [1.29, 1.82) is 0 Å². The molecular formula is C17H15F3O. The standard InChI is InChI=1S/C17H15F3O/c1-3-5-9-8-11-10-6-7-12(21-4-2)16(19)13(10)14(11)17(20)15(9)18/h6-8H,3-5H2,1-2H3. The maximum absolute atomic E-state index is 14.3. The average Bonchev–Trinajstić information content (AvgIpc) is 2.45. The Morgan fingerprint density at radius 3 is 2.29 bits per heavy atom. The van der Waals surface area contributed by atoms with Gasteiger partial charge in [0.15, 0.2) is 23.2 Å². The highest BCUT2D eigenvalue weighted by atomic mass is 19.2. The second kappa shape index (κ2) is 5.10. The molecule has 1 aliphatic rings. The number of hydrogen-bond acceptors (Lipinski definition) is 1. The molecule has 0 atom stereocenters.